The summed E-state index contributed by atoms with van der Waals surface area (Å²) in [6.07, 6.45) is 0.933. The molecular weight excluding hydrogens is 298 g/mol. The molecule has 1 unspecified atom stereocenters. The molecule has 124 valence electrons. The minimum absolute atomic E-state index is 0.270. The fourth-order valence-electron chi connectivity index (χ4n) is 3.08. The molecule has 0 spiro atoms. The minimum Gasteiger partial charge on any atom is -0.423 e. The molecule has 3 rings (SSSR count). The molecule has 0 saturated carbocycles. The van der Waals surface area contributed by atoms with E-state index in [1.165, 1.54) is 21.6 Å². The summed E-state index contributed by atoms with van der Waals surface area (Å²) in [4.78, 5) is 13.2. The number of fused-ring (bicyclic) bond motifs is 1. The number of rotatable bonds is 5. The third-order valence-electron chi connectivity index (χ3n) is 4.42. The summed E-state index contributed by atoms with van der Waals surface area (Å²) in [7, 11) is 2.15. The first-order valence-electron chi connectivity index (χ1n) is 8.47. The molecule has 24 heavy (non-hydrogen) atoms. The normalized spacial score (nSPS) is 12.5. The van der Waals surface area contributed by atoms with Crippen molar-refractivity contribution in [1.82, 2.24) is 0 Å². The lowest BCUT2D eigenvalue weighted by molar-refractivity contribution is -0.907. The van der Waals surface area contributed by atoms with E-state index in [4.69, 9.17) is 4.42 Å². The van der Waals surface area contributed by atoms with Gasteiger partial charge in [-0.05, 0) is 25.0 Å². The molecule has 0 aliphatic rings. The first-order valence-corrected chi connectivity index (χ1v) is 8.47. The fourth-order valence-corrected chi connectivity index (χ4v) is 3.08. The average Bonchev–Trinajstić information content (AvgIpc) is 2.56. The summed E-state index contributed by atoms with van der Waals surface area (Å²) < 4.78 is 5.39. The maximum absolute atomic E-state index is 11.9. The zero-order chi connectivity index (χ0) is 17.1. The summed E-state index contributed by atoms with van der Waals surface area (Å²) in [5, 5.41) is 1.04. The third-order valence-corrected chi connectivity index (χ3v) is 4.42. The molecule has 0 saturated heterocycles. The highest BCUT2D eigenvalue weighted by Gasteiger charge is 2.11. The van der Waals surface area contributed by atoms with E-state index in [0.29, 0.717) is 5.58 Å². The van der Waals surface area contributed by atoms with Crippen LogP contribution in [-0.2, 0) is 19.5 Å². The van der Waals surface area contributed by atoms with Crippen molar-refractivity contribution in [3.63, 3.8) is 0 Å². The SMILES string of the molecule is CCc1ccc2c(C[NH+](C)Cc3ccc(C)cc3)cc(=O)oc2c1. The van der Waals surface area contributed by atoms with E-state index in [9.17, 15) is 4.79 Å². The number of aryl methyl sites for hydroxylation is 2. The third kappa shape index (κ3) is 3.74. The van der Waals surface area contributed by atoms with Gasteiger partial charge in [0.05, 0.1) is 7.05 Å². The van der Waals surface area contributed by atoms with Gasteiger partial charge in [0.15, 0.2) is 0 Å². The Labute approximate surface area is 142 Å². The van der Waals surface area contributed by atoms with Crippen LogP contribution in [-0.4, -0.2) is 7.05 Å². The van der Waals surface area contributed by atoms with Gasteiger partial charge in [-0.3, -0.25) is 0 Å². The van der Waals surface area contributed by atoms with Gasteiger partial charge in [-0.15, -0.1) is 0 Å². The smallest absolute Gasteiger partial charge is 0.336 e. The highest BCUT2D eigenvalue weighted by atomic mass is 16.4. The predicted molar refractivity (Wildman–Crippen MR) is 97.3 cm³/mol. The monoisotopic (exact) mass is 322 g/mol. The molecule has 0 amide bonds. The Morgan fingerprint density at radius 1 is 0.958 bits per heavy atom. The molecule has 0 bridgehead atoms. The lowest BCUT2D eigenvalue weighted by Gasteiger charge is -2.15. The lowest BCUT2D eigenvalue weighted by Crippen LogP contribution is -3.06. The van der Waals surface area contributed by atoms with Gasteiger partial charge < -0.3 is 9.32 Å². The first-order chi connectivity index (χ1) is 11.5. The molecule has 1 heterocycles. The molecule has 3 nitrogen and oxygen atoms in total. The summed E-state index contributed by atoms with van der Waals surface area (Å²) in [6.45, 7) is 5.92. The minimum atomic E-state index is -0.270. The van der Waals surface area contributed by atoms with E-state index in [2.05, 4.69) is 57.3 Å². The number of quaternary nitrogens is 1. The maximum Gasteiger partial charge on any atom is 0.336 e. The van der Waals surface area contributed by atoms with Crippen LogP contribution in [0.15, 0.2) is 57.7 Å². The number of hydrogen-bond acceptors (Lipinski definition) is 2. The molecule has 0 radical (unpaired) electrons. The second-order valence-corrected chi connectivity index (χ2v) is 6.57. The van der Waals surface area contributed by atoms with Crippen molar-refractivity contribution in [2.45, 2.75) is 33.4 Å². The van der Waals surface area contributed by atoms with E-state index < -0.39 is 0 Å². The van der Waals surface area contributed by atoms with Gasteiger partial charge in [0.25, 0.3) is 0 Å². The van der Waals surface area contributed by atoms with Crippen LogP contribution in [0.4, 0.5) is 0 Å². The van der Waals surface area contributed by atoms with E-state index >= 15 is 0 Å². The zero-order valence-electron chi connectivity index (χ0n) is 14.6. The molecule has 0 aliphatic heterocycles. The number of nitrogens with one attached hydrogen (secondary N) is 1. The number of hydrogen-bond donors (Lipinski definition) is 1. The first kappa shape index (κ1) is 16.5. The van der Waals surface area contributed by atoms with Gasteiger partial charge in [0.2, 0.25) is 0 Å². The van der Waals surface area contributed by atoms with Gasteiger partial charge in [-0.2, -0.15) is 0 Å². The Hall–Kier alpha value is -2.39. The van der Waals surface area contributed by atoms with Gasteiger partial charge in [-0.25, -0.2) is 4.79 Å². The Morgan fingerprint density at radius 3 is 2.38 bits per heavy atom. The Balaban J connectivity index is 1.86. The molecule has 0 fully saturated rings. The summed E-state index contributed by atoms with van der Waals surface area (Å²) in [6, 6.07) is 16.4. The molecule has 1 N–H and O–H groups in total. The predicted octanol–water partition coefficient (Wildman–Crippen LogP) is 2.88. The van der Waals surface area contributed by atoms with Crippen molar-refractivity contribution < 1.29 is 9.32 Å². The highest BCUT2D eigenvalue weighted by Crippen LogP contribution is 2.18. The summed E-state index contributed by atoms with van der Waals surface area (Å²) in [5.41, 5.74) is 5.24. The Bertz CT molecular complexity index is 894. The van der Waals surface area contributed by atoms with E-state index in [-0.39, 0.29) is 5.63 Å². The Kier molecular flexibility index (Phi) is 4.81. The van der Waals surface area contributed by atoms with Crippen molar-refractivity contribution in [3.05, 3.63) is 81.2 Å². The molecule has 3 aromatic rings. The van der Waals surface area contributed by atoms with Crippen LogP contribution in [0.5, 0.6) is 0 Å². The highest BCUT2D eigenvalue weighted by molar-refractivity contribution is 5.80. The van der Waals surface area contributed by atoms with Gasteiger partial charge in [0, 0.05) is 22.6 Å². The molecular formula is C21H24NO2+. The second kappa shape index (κ2) is 7.02. The van der Waals surface area contributed by atoms with Crippen LogP contribution in [0.3, 0.4) is 0 Å². The van der Waals surface area contributed by atoms with Gasteiger partial charge >= 0.3 is 5.63 Å². The zero-order valence-corrected chi connectivity index (χ0v) is 14.6. The maximum atomic E-state index is 11.9. The molecule has 1 atom stereocenters. The van der Waals surface area contributed by atoms with Crippen LogP contribution >= 0.6 is 0 Å². The standard InChI is InChI=1S/C21H23NO2/c1-4-16-9-10-19-18(12-21(23)24-20(19)11-16)14-22(3)13-17-7-5-15(2)6-8-17/h5-12H,4,13-14H2,1-3H3/p+1. The molecule has 2 aromatic carbocycles. The van der Waals surface area contributed by atoms with Crippen LogP contribution in [0.1, 0.15) is 29.2 Å². The van der Waals surface area contributed by atoms with Crippen molar-refractivity contribution in [2.24, 2.45) is 0 Å². The van der Waals surface area contributed by atoms with Crippen LogP contribution in [0, 0.1) is 6.92 Å². The van der Waals surface area contributed by atoms with E-state index in [0.717, 1.165) is 30.5 Å². The number of benzene rings is 2. The quantitative estimate of drug-likeness (QED) is 0.733. The summed E-state index contributed by atoms with van der Waals surface area (Å²) >= 11 is 0. The van der Waals surface area contributed by atoms with Crippen molar-refractivity contribution in [3.8, 4) is 0 Å². The van der Waals surface area contributed by atoms with E-state index in [1.807, 2.05) is 6.07 Å². The lowest BCUT2D eigenvalue weighted by atomic mass is 10.1. The van der Waals surface area contributed by atoms with Crippen molar-refractivity contribution in [2.75, 3.05) is 7.05 Å². The van der Waals surface area contributed by atoms with Gasteiger partial charge in [0.1, 0.15) is 18.7 Å². The fraction of sp³-hybridized carbons (Fsp3) is 0.286. The molecule has 0 aliphatic carbocycles. The average molecular weight is 322 g/mol. The van der Waals surface area contributed by atoms with Crippen LogP contribution in [0.2, 0.25) is 0 Å². The van der Waals surface area contributed by atoms with Crippen LogP contribution < -0.4 is 10.5 Å². The largest absolute Gasteiger partial charge is 0.423 e. The summed E-state index contributed by atoms with van der Waals surface area (Å²) in [5.74, 6) is 0. The van der Waals surface area contributed by atoms with Gasteiger partial charge in [-0.1, -0.05) is 48.9 Å². The van der Waals surface area contributed by atoms with E-state index in [1.54, 1.807) is 6.07 Å². The van der Waals surface area contributed by atoms with Crippen LogP contribution in [0.25, 0.3) is 11.0 Å². The van der Waals surface area contributed by atoms with Crippen molar-refractivity contribution >= 4 is 11.0 Å². The molecule has 3 heteroatoms. The molecule has 1 aromatic heterocycles. The topological polar surface area (TPSA) is 34.7 Å². The van der Waals surface area contributed by atoms with Crippen molar-refractivity contribution in [1.29, 1.82) is 0 Å². The second-order valence-electron chi connectivity index (χ2n) is 6.57. The Morgan fingerprint density at radius 2 is 1.67 bits per heavy atom.